The Morgan fingerprint density at radius 2 is 1.55 bits per heavy atom. The minimum Gasteiger partial charge on any atom is -0.359 e. The third-order valence-corrected chi connectivity index (χ3v) is 4.22. The van der Waals surface area contributed by atoms with Gasteiger partial charge in [-0.2, -0.15) is 0 Å². The van der Waals surface area contributed by atoms with Crippen molar-refractivity contribution in [2.45, 2.75) is 47.0 Å². The molecule has 1 nitrogen and oxygen atoms in total. The molecule has 0 unspecified atom stereocenters. The largest absolute Gasteiger partial charge is 0.359 e. The predicted molar refractivity (Wildman–Crippen MR) is 97.5 cm³/mol. The van der Waals surface area contributed by atoms with E-state index in [1.54, 1.807) is 0 Å². The first kappa shape index (κ1) is 16.4. The van der Waals surface area contributed by atoms with Crippen LogP contribution in [0.4, 0.5) is 5.69 Å². The molecule has 22 heavy (non-hydrogen) atoms. The lowest BCUT2D eigenvalue weighted by Crippen LogP contribution is -2.02. The highest BCUT2D eigenvalue weighted by Gasteiger charge is 2.03. The van der Waals surface area contributed by atoms with Crippen LogP contribution in [0.3, 0.4) is 0 Å². The minimum atomic E-state index is 1.00. The standard InChI is InChI=1S/C21H27N/c1-15-9-11-20(12-10-15)8-6-7-19(5)22-21-14-17(3)16(2)13-18(21)4/h9-14,22H,5-8H2,1-4H3. The van der Waals surface area contributed by atoms with Crippen molar-refractivity contribution in [1.82, 2.24) is 0 Å². The number of nitrogens with one attached hydrogen (secondary N) is 1. The number of aryl methyl sites for hydroxylation is 5. The maximum atomic E-state index is 4.18. The molecule has 2 aromatic rings. The molecule has 0 bridgehead atoms. The van der Waals surface area contributed by atoms with Crippen LogP contribution in [0.15, 0.2) is 48.7 Å². The Hall–Kier alpha value is -2.02. The van der Waals surface area contributed by atoms with E-state index in [0.29, 0.717) is 0 Å². The van der Waals surface area contributed by atoms with Gasteiger partial charge < -0.3 is 5.32 Å². The van der Waals surface area contributed by atoms with E-state index in [1.165, 1.54) is 33.5 Å². The molecule has 0 aliphatic rings. The number of anilines is 1. The normalized spacial score (nSPS) is 10.5. The Morgan fingerprint density at radius 1 is 0.909 bits per heavy atom. The smallest absolute Gasteiger partial charge is 0.0414 e. The van der Waals surface area contributed by atoms with Crippen molar-refractivity contribution in [1.29, 1.82) is 0 Å². The maximum Gasteiger partial charge on any atom is 0.0414 e. The molecule has 0 aliphatic heterocycles. The minimum absolute atomic E-state index is 1.00. The Bertz CT molecular complexity index is 650. The van der Waals surface area contributed by atoms with Crippen molar-refractivity contribution in [3.05, 3.63) is 76.5 Å². The van der Waals surface area contributed by atoms with Gasteiger partial charge >= 0.3 is 0 Å². The summed E-state index contributed by atoms with van der Waals surface area (Å²) in [5.41, 5.74) is 8.94. The van der Waals surface area contributed by atoms with Gasteiger partial charge in [-0.25, -0.2) is 0 Å². The SMILES string of the molecule is C=C(CCCc1ccc(C)cc1)Nc1cc(C)c(C)cc1C. The van der Waals surface area contributed by atoms with Crippen molar-refractivity contribution >= 4 is 5.69 Å². The zero-order valence-electron chi connectivity index (χ0n) is 14.3. The van der Waals surface area contributed by atoms with Crippen LogP contribution < -0.4 is 5.32 Å². The van der Waals surface area contributed by atoms with Crippen molar-refractivity contribution in [2.75, 3.05) is 5.32 Å². The second-order valence-electron chi connectivity index (χ2n) is 6.32. The lowest BCUT2D eigenvalue weighted by molar-refractivity contribution is 0.816. The van der Waals surface area contributed by atoms with Crippen LogP contribution in [0.1, 0.15) is 40.7 Å². The fourth-order valence-corrected chi connectivity index (χ4v) is 2.61. The third kappa shape index (κ3) is 4.49. The average Bonchev–Trinajstić information content (AvgIpc) is 2.47. The fourth-order valence-electron chi connectivity index (χ4n) is 2.61. The van der Waals surface area contributed by atoms with Crippen LogP contribution >= 0.6 is 0 Å². The summed E-state index contributed by atoms with van der Waals surface area (Å²) in [6.45, 7) is 12.8. The van der Waals surface area contributed by atoms with Crippen LogP contribution in [0.2, 0.25) is 0 Å². The molecule has 2 aromatic carbocycles. The zero-order chi connectivity index (χ0) is 16.1. The Labute approximate surface area is 135 Å². The molecule has 0 saturated carbocycles. The van der Waals surface area contributed by atoms with Crippen molar-refractivity contribution in [3.8, 4) is 0 Å². The van der Waals surface area contributed by atoms with E-state index in [4.69, 9.17) is 0 Å². The highest BCUT2D eigenvalue weighted by atomic mass is 14.9. The monoisotopic (exact) mass is 293 g/mol. The lowest BCUT2D eigenvalue weighted by atomic mass is 10.0. The van der Waals surface area contributed by atoms with E-state index in [9.17, 15) is 0 Å². The molecular weight excluding hydrogens is 266 g/mol. The number of hydrogen-bond acceptors (Lipinski definition) is 1. The summed E-state index contributed by atoms with van der Waals surface area (Å²) in [4.78, 5) is 0. The molecule has 0 fully saturated rings. The molecule has 1 N–H and O–H groups in total. The third-order valence-electron chi connectivity index (χ3n) is 4.22. The highest BCUT2D eigenvalue weighted by Crippen LogP contribution is 2.22. The summed E-state index contributed by atoms with van der Waals surface area (Å²) < 4.78 is 0. The Morgan fingerprint density at radius 3 is 2.23 bits per heavy atom. The summed E-state index contributed by atoms with van der Waals surface area (Å²) in [7, 11) is 0. The van der Waals surface area contributed by atoms with E-state index in [0.717, 1.165) is 25.0 Å². The summed E-state index contributed by atoms with van der Waals surface area (Å²) in [5.74, 6) is 0. The van der Waals surface area contributed by atoms with Crippen LogP contribution in [0.5, 0.6) is 0 Å². The fraction of sp³-hybridized carbons (Fsp3) is 0.333. The van der Waals surface area contributed by atoms with Gasteiger partial charge in [0.15, 0.2) is 0 Å². The number of hydrogen-bond donors (Lipinski definition) is 1. The highest BCUT2D eigenvalue weighted by molar-refractivity contribution is 5.57. The lowest BCUT2D eigenvalue weighted by Gasteiger charge is -2.14. The quantitative estimate of drug-likeness (QED) is 0.702. The van der Waals surface area contributed by atoms with Gasteiger partial charge in [-0.15, -0.1) is 0 Å². The van der Waals surface area contributed by atoms with Crippen molar-refractivity contribution < 1.29 is 0 Å². The molecular formula is C21H27N. The van der Waals surface area contributed by atoms with Gasteiger partial charge in [0, 0.05) is 11.4 Å². The van der Waals surface area contributed by atoms with Gasteiger partial charge in [0.2, 0.25) is 0 Å². The van der Waals surface area contributed by atoms with E-state index >= 15 is 0 Å². The van der Waals surface area contributed by atoms with Crippen LogP contribution in [0, 0.1) is 27.7 Å². The van der Waals surface area contributed by atoms with Gasteiger partial charge in [0.05, 0.1) is 0 Å². The molecule has 0 saturated heterocycles. The first-order valence-electron chi connectivity index (χ1n) is 8.04. The molecule has 0 spiro atoms. The second kappa shape index (κ2) is 7.31. The predicted octanol–water partition coefficient (Wildman–Crippen LogP) is 5.87. The zero-order valence-corrected chi connectivity index (χ0v) is 14.3. The summed E-state index contributed by atoms with van der Waals surface area (Å²) in [6.07, 6.45) is 3.23. The molecule has 0 aliphatic carbocycles. The number of benzene rings is 2. The Kier molecular flexibility index (Phi) is 5.43. The van der Waals surface area contributed by atoms with Crippen LogP contribution in [-0.2, 0) is 6.42 Å². The molecule has 0 atom stereocenters. The van der Waals surface area contributed by atoms with Gasteiger partial charge in [-0.3, -0.25) is 0 Å². The molecule has 0 aromatic heterocycles. The molecule has 1 heteroatoms. The molecule has 0 radical (unpaired) electrons. The first-order valence-corrected chi connectivity index (χ1v) is 8.04. The van der Waals surface area contributed by atoms with Gasteiger partial charge in [-0.05, 0) is 75.3 Å². The van der Waals surface area contributed by atoms with E-state index < -0.39 is 0 Å². The second-order valence-corrected chi connectivity index (χ2v) is 6.32. The van der Waals surface area contributed by atoms with Gasteiger partial charge in [0.1, 0.15) is 0 Å². The first-order chi connectivity index (χ1) is 10.5. The van der Waals surface area contributed by atoms with E-state index in [-0.39, 0.29) is 0 Å². The summed E-state index contributed by atoms with van der Waals surface area (Å²) in [6, 6.07) is 13.3. The summed E-state index contributed by atoms with van der Waals surface area (Å²) in [5, 5.41) is 3.48. The topological polar surface area (TPSA) is 12.0 Å². The average molecular weight is 293 g/mol. The molecule has 0 heterocycles. The Balaban J connectivity index is 1.85. The van der Waals surface area contributed by atoms with Crippen molar-refractivity contribution in [2.24, 2.45) is 0 Å². The number of rotatable bonds is 6. The van der Waals surface area contributed by atoms with Crippen LogP contribution in [-0.4, -0.2) is 0 Å². The maximum absolute atomic E-state index is 4.18. The van der Waals surface area contributed by atoms with Gasteiger partial charge in [-0.1, -0.05) is 42.5 Å². The van der Waals surface area contributed by atoms with Crippen LogP contribution in [0.25, 0.3) is 0 Å². The van der Waals surface area contributed by atoms with Crippen molar-refractivity contribution in [3.63, 3.8) is 0 Å². The van der Waals surface area contributed by atoms with E-state index in [2.05, 4.69) is 76.0 Å². The molecule has 0 amide bonds. The number of allylic oxidation sites excluding steroid dienone is 1. The summed E-state index contributed by atoms with van der Waals surface area (Å²) >= 11 is 0. The molecule has 2 rings (SSSR count). The molecule has 116 valence electrons. The van der Waals surface area contributed by atoms with Gasteiger partial charge in [0.25, 0.3) is 0 Å². The van der Waals surface area contributed by atoms with E-state index in [1.807, 2.05) is 0 Å².